The zero-order valence-electron chi connectivity index (χ0n) is 9.48. The summed E-state index contributed by atoms with van der Waals surface area (Å²) in [6.45, 7) is 0.632. The lowest BCUT2D eigenvalue weighted by Crippen LogP contribution is -2.10. The molecule has 1 aromatic carbocycles. The minimum absolute atomic E-state index is 0.281. The molecule has 6 heteroatoms. The minimum Gasteiger partial charge on any atom is -0.326 e. The van der Waals surface area contributed by atoms with Crippen LogP contribution < -0.4 is 5.73 Å². The van der Waals surface area contributed by atoms with Crippen LogP contribution >= 0.6 is 0 Å². The maximum atomic E-state index is 12.4. The molecule has 0 radical (unpaired) electrons. The molecule has 0 bridgehead atoms. The highest BCUT2D eigenvalue weighted by molar-refractivity contribution is 5.27. The Kier molecular flexibility index (Phi) is 3.38. The van der Waals surface area contributed by atoms with Crippen molar-refractivity contribution in [3.05, 3.63) is 53.3 Å². The lowest BCUT2D eigenvalue weighted by atomic mass is 10.1. The van der Waals surface area contributed by atoms with E-state index in [1.54, 1.807) is 0 Å². The molecule has 18 heavy (non-hydrogen) atoms. The summed E-state index contributed by atoms with van der Waals surface area (Å²) in [5.41, 5.74) is 6.46. The van der Waals surface area contributed by atoms with Crippen LogP contribution in [0.15, 0.2) is 36.5 Å². The number of alkyl halides is 3. The van der Waals surface area contributed by atoms with Crippen LogP contribution in [-0.2, 0) is 19.3 Å². The summed E-state index contributed by atoms with van der Waals surface area (Å²) in [5, 5.41) is 3.50. The molecule has 2 rings (SSSR count). The Labute approximate surface area is 102 Å². The first-order valence-corrected chi connectivity index (χ1v) is 5.38. The molecule has 1 heterocycles. The third-order valence-corrected chi connectivity index (χ3v) is 2.60. The van der Waals surface area contributed by atoms with Gasteiger partial charge in [0.25, 0.3) is 0 Å². The molecule has 0 atom stereocenters. The minimum atomic E-state index is -4.40. The Hall–Kier alpha value is -1.82. The number of halogens is 3. The van der Waals surface area contributed by atoms with Crippen LogP contribution in [0.5, 0.6) is 0 Å². The van der Waals surface area contributed by atoms with Crippen LogP contribution in [-0.4, -0.2) is 9.78 Å². The van der Waals surface area contributed by atoms with E-state index in [4.69, 9.17) is 5.73 Å². The third kappa shape index (κ3) is 2.70. The van der Waals surface area contributed by atoms with E-state index in [0.717, 1.165) is 17.2 Å². The molecule has 0 aliphatic rings. The monoisotopic (exact) mass is 255 g/mol. The van der Waals surface area contributed by atoms with Crippen molar-refractivity contribution in [1.82, 2.24) is 9.78 Å². The summed E-state index contributed by atoms with van der Waals surface area (Å²) in [7, 11) is 0. The van der Waals surface area contributed by atoms with E-state index >= 15 is 0 Å². The van der Waals surface area contributed by atoms with E-state index in [-0.39, 0.29) is 6.54 Å². The Balaban J connectivity index is 2.22. The molecule has 0 saturated carbocycles. The van der Waals surface area contributed by atoms with Gasteiger partial charge in [-0.05, 0) is 17.2 Å². The van der Waals surface area contributed by atoms with E-state index < -0.39 is 11.9 Å². The fourth-order valence-electron chi connectivity index (χ4n) is 1.69. The first-order valence-electron chi connectivity index (χ1n) is 5.38. The number of benzene rings is 1. The van der Waals surface area contributed by atoms with Gasteiger partial charge in [-0.1, -0.05) is 24.3 Å². The van der Waals surface area contributed by atoms with Gasteiger partial charge in [-0.3, -0.25) is 4.68 Å². The van der Waals surface area contributed by atoms with E-state index in [1.165, 1.54) is 10.9 Å². The summed E-state index contributed by atoms with van der Waals surface area (Å²) >= 11 is 0. The Morgan fingerprint density at radius 2 is 1.78 bits per heavy atom. The van der Waals surface area contributed by atoms with Gasteiger partial charge in [-0.2, -0.15) is 18.3 Å². The molecule has 0 amide bonds. The fraction of sp³-hybridized carbons (Fsp3) is 0.250. The normalized spacial score (nSPS) is 11.8. The average molecular weight is 255 g/mol. The highest BCUT2D eigenvalue weighted by Gasteiger charge is 2.33. The molecule has 1 aromatic heterocycles. The first kappa shape index (κ1) is 12.6. The van der Waals surface area contributed by atoms with Crippen molar-refractivity contribution in [2.24, 2.45) is 5.73 Å². The Bertz CT molecular complexity index is 531. The van der Waals surface area contributed by atoms with Crippen LogP contribution in [0.1, 0.15) is 16.8 Å². The molecule has 2 N–H and O–H groups in total. The summed E-state index contributed by atoms with van der Waals surface area (Å²) in [6.07, 6.45) is -3.09. The second kappa shape index (κ2) is 4.81. The summed E-state index contributed by atoms with van der Waals surface area (Å²) in [6, 6.07) is 8.31. The quantitative estimate of drug-likeness (QED) is 0.915. The van der Waals surface area contributed by atoms with Crippen molar-refractivity contribution in [3.63, 3.8) is 0 Å². The first-order chi connectivity index (χ1) is 8.50. The predicted octanol–water partition coefficient (Wildman–Crippen LogP) is 2.41. The average Bonchev–Trinajstić information content (AvgIpc) is 2.78. The second-order valence-corrected chi connectivity index (χ2v) is 3.87. The number of nitrogens with two attached hydrogens (primary N) is 1. The van der Waals surface area contributed by atoms with Crippen LogP contribution in [0.4, 0.5) is 13.2 Å². The highest BCUT2D eigenvalue weighted by Crippen LogP contribution is 2.27. The van der Waals surface area contributed by atoms with Gasteiger partial charge >= 0.3 is 6.18 Å². The Morgan fingerprint density at radius 3 is 2.33 bits per heavy atom. The standard InChI is InChI=1S/C12H12F3N3/c13-12(14,15)11-5-6-18(17-11)8-10-4-2-1-3-9(10)7-16/h1-6H,7-8,16H2. The summed E-state index contributed by atoms with van der Waals surface area (Å²) in [5.74, 6) is 0. The van der Waals surface area contributed by atoms with Crippen LogP contribution in [0.3, 0.4) is 0 Å². The van der Waals surface area contributed by atoms with Crippen molar-refractivity contribution < 1.29 is 13.2 Å². The van der Waals surface area contributed by atoms with Gasteiger partial charge in [0, 0.05) is 12.7 Å². The molecular weight excluding hydrogens is 243 g/mol. The Morgan fingerprint density at radius 1 is 1.11 bits per heavy atom. The second-order valence-electron chi connectivity index (χ2n) is 3.87. The van der Waals surface area contributed by atoms with Gasteiger partial charge in [0.1, 0.15) is 0 Å². The molecule has 0 fully saturated rings. The van der Waals surface area contributed by atoms with Crippen LogP contribution in [0.25, 0.3) is 0 Å². The number of rotatable bonds is 3. The molecule has 0 saturated heterocycles. The number of hydrogen-bond donors (Lipinski definition) is 1. The fourth-order valence-corrected chi connectivity index (χ4v) is 1.69. The van der Waals surface area contributed by atoms with Crippen molar-refractivity contribution >= 4 is 0 Å². The van der Waals surface area contributed by atoms with E-state index in [0.29, 0.717) is 6.54 Å². The third-order valence-electron chi connectivity index (χ3n) is 2.60. The summed E-state index contributed by atoms with van der Waals surface area (Å²) < 4.78 is 38.4. The molecule has 0 spiro atoms. The molecule has 0 aliphatic heterocycles. The SMILES string of the molecule is NCc1ccccc1Cn1ccc(C(F)(F)F)n1. The molecule has 2 aromatic rings. The van der Waals surface area contributed by atoms with Gasteiger partial charge in [-0.25, -0.2) is 0 Å². The molecule has 0 aliphatic carbocycles. The number of nitrogens with zero attached hydrogens (tertiary/aromatic N) is 2. The number of aromatic nitrogens is 2. The lowest BCUT2D eigenvalue weighted by molar-refractivity contribution is -0.141. The molecule has 3 nitrogen and oxygen atoms in total. The van der Waals surface area contributed by atoms with Gasteiger partial charge in [0.05, 0.1) is 6.54 Å². The van der Waals surface area contributed by atoms with E-state index in [1.807, 2.05) is 24.3 Å². The number of hydrogen-bond acceptors (Lipinski definition) is 2. The zero-order valence-corrected chi connectivity index (χ0v) is 9.48. The van der Waals surface area contributed by atoms with Gasteiger partial charge < -0.3 is 5.73 Å². The van der Waals surface area contributed by atoms with Crippen molar-refractivity contribution in [1.29, 1.82) is 0 Å². The highest BCUT2D eigenvalue weighted by atomic mass is 19.4. The summed E-state index contributed by atoms with van der Waals surface area (Å²) in [4.78, 5) is 0. The van der Waals surface area contributed by atoms with Gasteiger partial charge in [0.2, 0.25) is 0 Å². The van der Waals surface area contributed by atoms with E-state index in [2.05, 4.69) is 5.10 Å². The molecular formula is C12H12F3N3. The van der Waals surface area contributed by atoms with E-state index in [9.17, 15) is 13.2 Å². The van der Waals surface area contributed by atoms with Gasteiger partial charge in [-0.15, -0.1) is 0 Å². The van der Waals surface area contributed by atoms with Crippen molar-refractivity contribution in [2.75, 3.05) is 0 Å². The van der Waals surface area contributed by atoms with Crippen LogP contribution in [0.2, 0.25) is 0 Å². The van der Waals surface area contributed by atoms with Gasteiger partial charge in [0.15, 0.2) is 5.69 Å². The smallest absolute Gasteiger partial charge is 0.326 e. The predicted molar refractivity (Wildman–Crippen MR) is 60.7 cm³/mol. The van der Waals surface area contributed by atoms with Crippen molar-refractivity contribution in [2.45, 2.75) is 19.3 Å². The molecule has 0 unspecified atom stereocenters. The maximum absolute atomic E-state index is 12.4. The largest absolute Gasteiger partial charge is 0.435 e. The van der Waals surface area contributed by atoms with Crippen LogP contribution in [0, 0.1) is 0 Å². The zero-order chi connectivity index (χ0) is 13.2. The molecule has 96 valence electrons. The topological polar surface area (TPSA) is 43.8 Å². The lowest BCUT2D eigenvalue weighted by Gasteiger charge is -2.07. The maximum Gasteiger partial charge on any atom is 0.435 e. The van der Waals surface area contributed by atoms with Crippen molar-refractivity contribution in [3.8, 4) is 0 Å².